The second-order valence-electron chi connectivity index (χ2n) is 10.7. The number of hydrogen-bond acceptors (Lipinski definition) is 5. The molecule has 0 bridgehead atoms. The van der Waals surface area contributed by atoms with Gasteiger partial charge in [-0.1, -0.05) is 56.3 Å². The van der Waals surface area contributed by atoms with Gasteiger partial charge in [0, 0.05) is 31.6 Å². The lowest BCUT2D eigenvalue weighted by atomic mass is 9.64. The zero-order valence-electron chi connectivity index (χ0n) is 20.5. The van der Waals surface area contributed by atoms with E-state index < -0.39 is 11.6 Å². The molecule has 4 amide bonds. The summed E-state index contributed by atoms with van der Waals surface area (Å²) in [7, 11) is 1.69. The van der Waals surface area contributed by atoms with Gasteiger partial charge in [0.25, 0.3) is 5.91 Å². The van der Waals surface area contributed by atoms with E-state index in [2.05, 4.69) is 31.2 Å². The lowest BCUT2D eigenvalue weighted by molar-refractivity contribution is -0.140. The van der Waals surface area contributed by atoms with Crippen molar-refractivity contribution in [1.82, 2.24) is 20.3 Å². The Morgan fingerprint density at radius 3 is 2.68 bits per heavy atom. The molecule has 1 saturated carbocycles. The zero-order valence-corrected chi connectivity index (χ0v) is 20.5. The lowest BCUT2D eigenvalue weighted by Gasteiger charge is -2.43. The quantitative estimate of drug-likeness (QED) is 0.625. The number of urea groups is 1. The highest BCUT2D eigenvalue weighted by Crippen LogP contribution is 2.46. The first kappa shape index (κ1) is 24.0. The Hall–Kier alpha value is -3.16. The molecule has 2 atom stereocenters. The van der Waals surface area contributed by atoms with E-state index in [4.69, 9.17) is 4.52 Å². The fourth-order valence-corrected chi connectivity index (χ4v) is 5.70. The van der Waals surface area contributed by atoms with Crippen molar-refractivity contribution in [3.8, 4) is 11.3 Å². The van der Waals surface area contributed by atoms with Crippen molar-refractivity contribution in [3.05, 3.63) is 42.2 Å². The minimum atomic E-state index is -0.889. The Labute approximate surface area is 200 Å². The fourth-order valence-electron chi connectivity index (χ4n) is 5.70. The molecule has 1 aromatic carbocycles. The average Bonchev–Trinajstić information content (AvgIpc) is 3.31. The van der Waals surface area contributed by atoms with Gasteiger partial charge in [0.05, 0.1) is 0 Å². The number of aryl methyl sites for hydroxylation is 1. The van der Waals surface area contributed by atoms with Crippen molar-refractivity contribution in [3.63, 3.8) is 0 Å². The first-order valence-electron chi connectivity index (χ1n) is 12.0. The third kappa shape index (κ3) is 5.00. The van der Waals surface area contributed by atoms with E-state index in [-0.39, 0.29) is 23.8 Å². The molecular formula is C26H34N4O4. The lowest BCUT2D eigenvalue weighted by Crippen LogP contribution is -2.54. The summed E-state index contributed by atoms with van der Waals surface area (Å²) < 4.78 is 5.43. The van der Waals surface area contributed by atoms with Crippen LogP contribution in [0.1, 0.15) is 52.2 Å². The van der Waals surface area contributed by atoms with Crippen LogP contribution in [0.25, 0.3) is 11.3 Å². The summed E-state index contributed by atoms with van der Waals surface area (Å²) in [6.07, 6.45) is 3.54. The summed E-state index contributed by atoms with van der Waals surface area (Å²) in [4.78, 5) is 41.4. The van der Waals surface area contributed by atoms with Crippen molar-refractivity contribution in [1.29, 1.82) is 0 Å². The molecule has 4 rings (SSSR count). The van der Waals surface area contributed by atoms with Crippen LogP contribution in [0.5, 0.6) is 0 Å². The molecule has 2 aromatic rings. The number of nitrogens with zero attached hydrogens (tertiary/aromatic N) is 3. The number of rotatable bonds is 7. The van der Waals surface area contributed by atoms with E-state index in [9.17, 15) is 14.4 Å². The second-order valence-corrected chi connectivity index (χ2v) is 10.7. The predicted octanol–water partition coefficient (Wildman–Crippen LogP) is 3.87. The second kappa shape index (κ2) is 9.24. The maximum absolute atomic E-state index is 13.3. The van der Waals surface area contributed by atoms with Gasteiger partial charge in [-0.2, -0.15) is 0 Å². The van der Waals surface area contributed by atoms with Crippen LogP contribution >= 0.6 is 0 Å². The van der Waals surface area contributed by atoms with Crippen molar-refractivity contribution in [2.24, 2.45) is 11.3 Å². The van der Waals surface area contributed by atoms with Gasteiger partial charge < -0.3 is 14.7 Å². The van der Waals surface area contributed by atoms with Gasteiger partial charge in [-0.3, -0.25) is 14.5 Å². The van der Waals surface area contributed by atoms with Gasteiger partial charge in [-0.05, 0) is 37.0 Å². The molecule has 1 saturated heterocycles. The predicted molar refractivity (Wildman–Crippen MR) is 128 cm³/mol. The van der Waals surface area contributed by atoms with Crippen LogP contribution in [0.2, 0.25) is 0 Å². The van der Waals surface area contributed by atoms with E-state index in [1.165, 1.54) is 0 Å². The molecule has 1 N–H and O–H groups in total. The monoisotopic (exact) mass is 466 g/mol. The zero-order chi connectivity index (χ0) is 24.5. The Morgan fingerprint density at radius 1 is 1.24 bits per heavy atom. The Balaban J connectivity index is 1.29. The summed E-state index contributed by atoms with van der Waals surface area (Å²) in [5.74, 6) is 0.551. The van der Waals surface area contributed by atoms with Crippen LogP contribution < -0.4 is 5.32 Å². The van der Waals surface area contributed by atoms with Crippen molar-refractivity contribution in [2.45, 2.75) is 58.4 Å². The maximum atomic E-state index is 13.3. The van der Waals surface area contributed by atoms with E-state index in [1.54, 1.807) is 11.9 Å². The third-order valence-electron chi connectivity index (χ3n) is 6.89. The molecule has 2 aliphatic rings. The Kier molecular flexibility index (Phi) is 6.51. The summed E-state index contributed by atoms with van der Waals surface area (Å²) >= 11 is 0. The number of carbonyl (C=O) groups is 3. The Morgan fingerprint density at radius 2 is 1.97 bits per heavy atom. The molecule has 1 aliphatic carbocycles. The molecule has 1 spiro atoms. The molecule has 8 heteroatoms. The average molecular weight is 467 g/mol. The normalized spacial score (nSPS) is 23.9. The number of carbonyl (C=O) groups excluding carboxylic acids is 3. The molecule has 0 radical (unpaired) electrons. The molecule has 1 aliphatic heterocycles. The van der Waals surface area contributed by atoms with E-state index in [1.807, 2.05) is 36.4 Å². The first-order valence-corrected chi connectivity index (χ1v) is 12.0. The highest BCUT2D eigenvalue weighted by molar-refractivity contribution is 6.09. The Bertz CT molecular complexity index is 1060. The third-order valence-corrected chi connectivity index (χ3v) is 6.89. The highest BCUT2D eigenvalue weighted by atomic mass is 16.5. The van der Waals surface area contributed by atoms with Gasteiger partial charge in [-0.25, -0.2) is 4.79 Å². The molecule has 1 aromatic heterocycles. The molecule has 182 valence electrons. The summed E-state index contributed by atoms with van der Waals surface area (Å²) in [5, 5.41) is 7.04. The topological polar surface area (TPSA) is 95.8 Å². The maximum Gasteiger partial charge on any atom is 0.325 e. The molecular weight excluding hydrogens is 432 g/mol. The summed E-state index contributed by atoms with van der Waals surface area (Å²) in [6, 6.07) is 11.3. The minimum Gasteiger partial charge on any atom is -0.361 e. The van der Waals surface area contributed by atoms with E-state index in [0.29, 0.717) is 38.1 Å². The number of benzene rings is 1. The molecule has 2 unspecified atom stereocenters. The SMILES string of the molecule is CC1CC(C)(C)CC2(C1)NC(=O)N(CC(=O)N(C)CCCc1cc(-c3ccccc3)no1)C2=O. The van der Waals surface area contributed by atoms with E-state index >= 15 is 0 Å². The van der Waals surface area contributed by atoms with Crippen LogP contribution in [0.4, 0.5) is 4.79 Å². The van der Waals surface area contributed by atoms with Crippen molar-refractivity contribution >= 4 is 17.8 Å². The number of amides is 4. The van der Waals surface area contributed by atoms with Gasteiger partial charge in [-0.15, -0.1) is 0 Å². The number of hydrogen-bond donors (Lipinski definition) is 1. The number of nitrogens with one attached hydrogen (secondary N) is 1. The number of aromatic nitrogens is 1. The molecule has 2 fully saturated rings. The smallest absolute Gasteiger partial charge is 0.325 e. The van der Waals surface area contributed by atoms with Gasteiger partial charge in [0.2, 0.25) is 5.91 Å². The minimum absolute atomic E-state index is 0.0432. The number of imide groups is 1. The van der Waals surface area contributed by atoms with E-state index in [0.717, 1.165) is 28.3 Å². The highest BCUT2D eigenvalue weighted by Gasteiger charge is 2.56. The van der Waals surface area contributed by atoms with Crippen LogP contribution in [-0.2, 0) is 16.0 Å². The standard InChI is InChI=1S/C26H34N4O4/c1-18-14-25(2,3)17-26(15-18)23(32)30(24(33)27-26)16-22(31)29(4)12-8-11-20-13-21(28-34-20)19-9-6-5-7-10-19/h5-7,9-10,13,18H,8,11-12,14-17H2,1-4H3,(H,27,33). The van der Waals surface area contributed by atoms with Crippen LogP contribution in [0.3, 0.4) is 0 Å². The summed E-state index contributed by atoms with van der Waals surface area (Å²) in [6.45, 7) is 6.61. The van der Waals surface area contributed by atoms with Crippen molar-refractivity contribution < 1.29 is 18.9 Å². The van der Waals surface area contributed by atoms with Gasteiger partial charge in [0.15, 0.2) is 0 Å². The van der Waals surface area contributed by atoms with Crippen molar-refractivity contribution in [2.75, 3.05) is 20.1 Å². The van der Waals surface area contributed by atoms with Crippen LogP contribution in [-0.4, -0.2) is 58.5 Å². The first-order chi connectivity index (χ1) is 16.1. The van der Waals surface area contributed by atoms with Crippen LogP contribution in [0.15, 0.2) is 40.9 Å². The fraction of sp³-hybridized carbons (Fsp3) is 0.538. The molecule has 8 nitrogen and oxygen atoms in total. The number of likely N-dealkylation sites (N-methyl/N-ethyl adjacent to an activating group) is 1. The molecule has 34 heavy (non-hydrogen) atoms. The molecule has 2 heterocycles. The van der Waals surface area contributed by atoms with Gasteiger partial charge in [0.1, 0.15) is 23.5 Å². The summed E-state index contributed by atoms with van der Waals surface area (Å²) in [5.41, 5.74) is 0.845. The van der Waals surface area contributed by atoms with Gasteiger partial charge >= 0.3 is 6.03 Å². The largest absolute Gasteiger partial charge is 0.361 e. The van der Waals surface area contributed by atoms with Crippen LogP contribution in [0, 0.1) is 11.3 Å².